The molecule has 0 amide bonds. The summed E-state index contributed by atoms with van der Waals surface area (Å²) in [7, 11) is -1.63. The number of sulfone groups is 1. The predicted molar refractivity (Wildman–Crippen MR) is 113 cm³/mol. The number of guanidine groups is 1. The zero-order valence-electron chi connectivity index (χ0n) is 16.5. The van der Waals surface area contributed by atoms with E-state index in [1.807, 2.05) is 30.3 Å². The Bertz CT molecular complexity index is 824. The Kier molecular flexibility index (Phi) is 8.97. The van der Waals surface area contributed by atoms with Gasteiger partial charge in [0.2, 0.25) is 0 Å². The third-order valence-electron chi connectivity index (χ3n) is 4.12. The van der Waals surface area contributed by atoms with Crippen LogP contribution in [0.3, 0.4) is 0 Å². The molecule has 0 aliphatic carbocycles. The van der Waals surface area contributed by atoms with E-state index in [1.54, 1.807) is 37.4 Å². The number of rotatable bonds is 10. The standard InChI is InChI=1S/C21H29N3O3S/c1-18(16-27-17-19-9-5-3-6-10-19)15-24-21(22-2)23-13-14-28(25,26)20-11-7-4-8-12-20/h3-12,18H,13-17H2,1-2H3,(H2,22,23,24). The summed E-state index contributed by atoms with van der Waals surface area (Å²) in [6.45, 7) is 4.28. The van der Waals surface area contributed by atoms with Crippen molar-refractivity contribution in [2.24, 2.45) is 10.9 Å². The van der Waals surface area contributed by atoms with E-state index < -0.39 is 9.84 Å². The molecule has 0 aliphatic heterocycles. The Morgan fingerprint density at radius 3 is 2.32 bits per heavy atom. The lowest BCUT2D eigenvalue weighted by atomic mass is 10.2. The molecule has 0 bridgehead atoms. The van der Waals surface area contributed by atoms with Gasteiger partial charge in [0.1, 0.15) is 0 Å². The van der Waals surface area contributed by atoms with Gasteiger partial charge in [0.05, 0.1) is 23.9 Å². The highest BCUT2D eigenvalue weighted by Gasteiger charge is 2.13. The first-order chi connectivity index (χ1) is 13.5. The smallest absolute Gasteiger partial charge is 0.191 e. The Hall–Kier alpha value is -2.38. The van der Waals surface area contributed by atoms with Gasteiger partial charge in [-0.2, -0.15) is 0 Å². The van der Waals surface area contributed by atoms with Crippen LogP contribution in [0, 0.1) is 5.92 Å². The first-order valence-corrected chi connectivity index (χ1v) is 11.0. The summed E-state index contributed by atoms with van der Waals surface area (Å²) in [5, 5.41) is 6.26. The number of benzene rings is 2. The normalized spacial score (nSPS) is 13.1. The van der Waals surface area contributed by atoms with Gasteiger partial charge in [-0.25, -0.2) is 8.42 Å². The van der Waals surface area contributed by atoms with Crippen LogP contribution in [0.4, 0.5) is 0 Å². The van der Waals surface area contributed by atoms with Gasteiger partial charge in [0, 0.05) is 20.1 Å². The van der Waals surface area contributed by atoms with Crippen molar-refractivity contribution in [3.63, 3.8) is 0 Å². The molecule has 0 spiro atoms. The second kappa shape index (κ2) is 11.5. The van der Waals surface area contributed by atoms with E-state index in [2.05, 4.69) is 22.5 Å². The first kappa shape index (κ1) is 21.9. The summed E-state index contributed by atoms with van der Waals surface area (Å²) in [6.07, 6.45) is 0. The number of ether oxygens (including phenoxy) is 1. The average Bonchev–Trinajstić information content (AvgIpc) is 2.72. The summed E-state index contributed by atoms with van der Waals surface area (Å²) < 4.78 is 30.3. The number of nitrogens with one attached hydrogen (secondary N) is 2. The van der Waals surface area contributed by atoms with Crippen LogP contribution < -0.4 is 10.6 Å². The minimum atomic E-state index is -3.30. The molecule has 0 aromatic heterocycles. The highest BCUT2D eigenvalue weighted by molar-refractivity contribution is 7.91. The van der Waals surface area contributed by atoms with E-state index in [9.17, 15) is 8.42 Å². The van der Waals surface area contributed by atoms with E-state index in [4.69, 9.17) is 4.74 Å². The predicted octanol–water partition coefficient (Wildman–Crippen LogP) is 2.48. The van der Waals surface area contributed by atoms with Gasteiger partial charge >= 0.3 is 0 Å². The van der Waals surface area contributed by atoms with Crippen molar-refractivity contribution in [3.8, 4) is 0 Å². The molecule has 1 atom stereocenters. The summed E-state index contributed by atoms with van der Waals surface area (Å²) in [5.74, 6) is 0.876. The fraction of sp³-hybridized carbons (Fsp3) is 0.381. The molecule has 2 aromatic carbocycles. The Balaban J connectivity index is 1.66. The summed E-state index contributed by atoms with van der Waals surface area (Å²) in [6, 6.07) is 18.5. The molecule has 6 nitrogen and oxygen atoms in total. The third kappa shape index (κ3) is 7.70. The van der Waals surface area contributed by atoms with Gasteiger partial charge in [0.25, 0.3) is 0 Å². The van der Waals surface area contributed by atoms with Crippen molar-refractivity contribution in [2.45, 2.75) is 18.4 Å². The monoisotopic (exact) mass is 403 g/mol. The van der Waals surface area contributed by atoms with Crippen molar-refractivity contribution in [3.05, 3.63) is 66.2 Å². The molecule has 0 radical (unpaired) electrons. The molecule has 2 rings (SSSR count). The van der Waals surface area contributed by atoms with Crippen LogP contribution in [0.25, 0.3) is 0 Å². The Morgan fingerprint density at radius 1 is 1.04 bits per heavy atom. The topological polar surface area (TPSA) is 79.8 Å². The molecule has 0 fully saturated rings. The van der Waals surface area contributed by atoms with E-state index in [0.717, 1.165) is 5.56 Å². The number of nitrogens with zero attached hydrogens (tertiary/aromatic N) is 1. The maximum Gasteiger partial charge on any atom is 0.191 e. The molecule has 2 aromatic rings. The summed E-state index contributed by atoms with van der Waals surface area (Å²) in [5.41, 5.74) is 1.15. The lowest BCUT2D eigenvalue weighted by Gasteiger charge is -2.16. The lowest BCUT2D eigenvalue weighted by molar-refractivity contribution is 0.0931. The van der Waals surface area contributed by atoms with Crippen molar-refractivity contribution in [1.82, 2.24) is 10.6 Å². The second-order valence-electron chi connectivity index (χ2n) is 6.62. The molecular formula is C21H29N3O3S. The van der Waals surface area contributed by atoms with E-state index in [-0.39, 0.29) is 18.2 Å². The number of aliphatic imine (C=N–C) groups is 1. The lowest BCUT2D eigenvalue weighted by Crippen LogP contribution is -2.41. The van der Waals surface area contributed by atoms with Gasteiger partial charge in [-0.3, -0.25) is 4.99 Å². The van der Waals surface area contributed by atoms with Gasteiger partial charge < -0.3 is 15.4 Å². The molecular weight excluding hydrogens is 374 g/mol. The minimum Gasteiger partial charge on any atom is -0.376 e. The highest BCUT2D eigenvalue weighted by Crippen LogP contribution is 2.09. The van der Waals surface area contributed by atoms with E-state index in [0.29, 0.717) is 30.6 Å². The van der Waals surface area contributed by atoms with Gasteiger partial charge in [-0.1, -0.05) is 55.5 Å². The first-order valence-electron chi connectivity index (χ1n) is 9.35. The molecule has 0 saturated carbocycles. The summed E-state index contributed by atoms with van der Waals surface area (Å²) >= 11 is 0. The Labute approximate surface area is 168 Å². The zero-order chi connectivity index (χ0) is 20.2. The molecule has 1 unspecified atom stereocenters. The molecule has 28 heavy (non-hydrogen) atoms. The van der Waals surface area contributed by atoms with Crippen LogP contribution >= 0.6 is 0 Å². The second-order valence-corrected chi connectivity index (χ2v) is 8.73. The number of hydrogen-bond acceptors (Lipinski definition) is 4. The molecule has 0 saturated heterocycles. The average molecular weight is 404 g/mol. The van der Waals surface area contributed by atoms with Crippen LogP contribution in [-0.4, -0.2) is 46.9 Å². The van der Waals surface area contributed by atoms with Crippen LogP contribution in [0.15, 0.2) is 70.6 Å². The largest absolute Gasteiger partial charge is 0.376 e. The fourth-order valence-corrected chi connectivity index (χ4v) is 3.73. The molecule has 152 valence electrons. The van der Waals surface area contributed by atoms with Crippen molar-refractivity contribution >= 4 is 15.8 Å². The van der Waals surface area contributed by atoms with E-state index in [1.165, 1.54) is 0 Å². The van der Waals surface area contributed by atoms with Crippen LogP contribution in [0.5, 0.6) is 0 Å². The fourth-order valence-electron chi connectivity index (χ4n) is 2.55. The maximum absolute atomic E-state index is 12.3. The van der Waals surface area contributed by atoms with Gasteiger partial charge in [-0.15, -0.1) is 0 Å². The van der Waals surface area contributed by atoms with Gasteiger partial charge in [0.15, 0.2) is 15.8 Å². The van der Waals surface area contributed by atoms with E-state index >= 15 is 0 Å². The van der Waals surface area contributed by atoms with Crippen molar-refractivity contribution in [2.75, 3.05) is 32.5 Å². The van der Waals surface area contributed by atoms with Crippen LogP contribution in [0.2, 0.25) is 0 Å². The molecule has 7 heteroatoms. The Morgan fingerprint density at radius 2 is 1.68 bits per heavy atom. The van der Waals surface area contributed by atoms with Gasteiger partial charge in [-0.05, 0) is 23.6 Å². The SMILES string of the molecule is CN=C(NCCS(=O)(=O)c1ccccc1)NCC(C)COCc1ccccc1. The zero-order valence-corrected chi connectivity index (χ0v) is 17.3. The number of hydrogen-bond donors (Lipinski definition) is 2. The van der Waals surface area contributed by atoms with Crippen molar-refractivity contribution < 1.29 is 13.2 Å². The summed E-state index contributed by atoms with van der Waals surface area (Å²) in [4.78, 5) is 4.48. The molecule has 0 aliphatic rings. The van der Waals surface area contributed by atoms with Crippen LogP contribution in [-0.2, 0) is 21.2 Å². The van der Waals surface area contributed by atoms with Crippen LogP contribution in [0.1, 0.15) is 12.5 Å². The maximum atomic E-state index is 12.3. The quantitative estimate of drug-likeness (QED) is 0.471. The third-order valence-corrected chi connectivity index (χ3v) is 5.85. The molecule has 0 heterocycles. The highest BCUT2D eigenvalue weighted by atomic mass is 32.2. The molecule has 2 N–H and O–H groups in total. The minimum absolute atomic E-state index is 0.00739. The van der Waals surface area contributed by atoms with Crippen molar-refractivity contribution in [1.29, 1.82) is 0 Å².